The van der Waals surface area contributed by atoms with E-state index in [1.807, 2.05) is 24.3 Å². The van der Waals surface area contributed by atoms with Crippen molar-refractivity contribution in [2.24, 2.45) is 0 Å². The summed E-state index contributed by atoms with van der Waals surface area (Å²) in [6, 6.07) is 7.54. The van der Waals surface area contributed by atoms with Crippen molar-refractivity contribution in [1.82, 2.24) is 0 Å². The topological polar surface area (TPSA) is 35.5 Å². The maximum absolute atomic E-state index is 10.6. The first-order valence-corrected chi connectivity index (χ1v) is 5.82. The first kappa shape index (κ1) is 10.6. The van der Waals surface area contributed by atoms with Crippen molar-refractivity contribution in [3.05, 3.63) is 29.3 Å². The zero-order valence-electron chi connectivity index (χ0n) is 7.81. The van der Waals surface area contributed by atoms with Gasteiger partial charge < -0.3 is 9.47 Å². The van der Waals surface area contributed by atoms with E-state index in [2.05, 4.69) is 4.74 Å². The molecule has 1 unspecified atom stereocenters. The van der Waals surface area contributed by atoms with Crippen LogP contribution in [0.25, 0.3) is 0 Å². The predicted molar refractivity (Wildman–Crippen MR) is 58.4 cm³/mol. The Bertz CT molecular complexity index is 352. The SMILES string of the molecule is O=C1OCC(CSc2ccc(Cl)cc2)O1. The molecule has 1 aromatic carbocycles. The van der Waals surface area contributed by atoms with Gasteiger partial charge in [-0.05, 0) is 24.3 Å². The molecule has 0 saturated carbocycles. The molecule has 0 bridgehead atoms. The van der Waals surface area contributed by atoms with Gasteiger partial charge in [0, 0.05) is 15.7 Å². The summed E-state index contributed by atoms with van der Waals surface area (Å²) in [7, 11) is 0. The molecule has 80 valence electrons. The van der Waals surface area contributed by atoms with Crippen molar-refractivity contribution in [3.8, 4) is 0 Å². The summed E-state index contributed by atoms with van der Waals surface area (Å²) in [6.45, 7) is 0.347. The normalized spacial score (nSPS) is 19.8. The number of cyclic esters (lactones) is 2. The number of hydrogen-bond acceptors (Lipinski definition) is 4. The lowest BCUT2D eigenvalue weighted by Gasteiger charge is -2.05. The van der Waals surface area contributed by atoms with Crippen LogP contribution in [-0.2, 0) is 9.47 Å². The van der Waals surface area contributed by atoms with E-state index in [4.69, 9.17) is 16.3 Å². The Morgan fingerprint density at radius 2 is 2.13 bits per heavy atom. The molecule has 1 atom stereocenters. The van der Waals surface area contributed by atoms with Gasteiger partial charge in [0.2, 0.25) is 0 Å². The van der Waals surface area contributed by atoms with Gasteiger partial charge in [0.1, 0.15) is 12.7 Å². The Balaban J connectivity index is 1.83. The van der Waals surface area contributed by atoms with Gasteiger partial charge in [-0.1, -0.05) is 11.6 Å². The van der Waals surface area contributed by atoms with Crippen LogP contribution in [0.15, 0.2) is 29.2 Å². The molecule has 1 fully saturated rings. The molecular weight excluding hydrogens is 236 g/mol. The van der Waals surface area contributed by atoms with Gasteiger partial charge in [-0.25, -0.2) is 4.79 Å². The van der Waals surface area contributed by atoms with Crippen LogP contribution < -0.4 is 0 Å². The predicted octanol–water partition coefficient (Wildman–Crippen LogP) is 2.97. The number of benzene rings is 1. The van der Waals surface area contributed by atoms with Gasteiger partial charge in [-0.3, -0.25) is 0 Å². The van der Waals surface area contributed by atoms with Gasteiger partial charge in [-0.15, -0.1) is 11.8 Å². The largest absolute Gasteiger partial charge is 0.508 e. The van der Waals surface area contributed by atoms with Crippen LogP contribution in [0.5, 0.6) is 0 Å². The Morgan fingerprint density at radius 3 is 2.73 bits per heavy atom. The van der Waals surface area contributed by atoms with Crippen molar-refractivity contribution < 1.29 is 14.3 Å². The molecule has 0 aliphatic carbocycles. The van der Waals surface area contributed by atoms with Crippen molar-refractivity contribution >= 4 is 29.5 Å². The Labute approximate surface area is 96.7 Å². The van der Waals surface area contributed by atoms with Crippen molar-refractivity contribution in [3.63, 3.8) is 0 Å². The smallest absolute Gasteiger partial charge is 0.430 e. The number of carbonyl (C=O) groups excluding carboxylic acids is 1. The van der Waals surface area contributed by atoms with E-state index in [1.165, 1.54) is 0 Å². The highest BCUT2D eigenvalue weighted by Crippen LogP contribution is 2.23. The Morgan fingerprint density at radius 1 is 1.40 bits per heavy atom. The number of thioether (sulfide) groups is 1. The van der Waals surface area contributed by atoms with E-state index in [9.17, 15) is 4.79 Å². The van der Waals surface area contributed by atoms with Crippen LogP contribution in [0.4, 0.5) is 4.79 Å². The zero-order chi connectivity index (χ0) is 10.7. The quantitative estimate of drug-likeness (QED) is 0.605. The van der Waals surface area contributed by atoms with E-state index in [1.54, 1.807) is 11.8 Å². The fourth-order valence-corrected chi connectivity index (χ4v) is 2.16. The van der Waals surface area contributed by atoms with Gasteiger partial charge in [-0.2, -0.15) is 0 Å². The summed E-state index contributed by atoms with van der Waals surface area (Å²) < 4.78 is 9.58. The van der Waals surface area contributed by atoms with Gasteiger partial charge in [0.25, 0.3) is 0 Å². The molecule has 1 aromatic rings. The first-order valence-electron chi connectivity index (χ1n) is 4.46. The average Bonchev–Trinajstić information content (AvgIpc) is 2.64. The molecule has 5 heteroatoms. The van der Waals surface area contributed by atoms with Gasteiger partial charge in [0.15, 0.2) is 0 Å². The first-order chi connectivity index (χ1) is 7.24. The molecule has 3 nitrogen and oxygen atoms in total. The molecule has 2 rings (SSSR count). The summed E-state index contributed by atoms with van der Waals surface area (Å²) in [5.74, 6) is 0.702. The van der Waals surface area contributed by atoms with E-state index < -0.39 is 6.16 Å². The molecule has 1 saturated heterocycles. The van der Waals surface area contributed by atoms with Crippen LogP contribution >= 0.6 is 23.4 Å². The molecule has 0 aromatic heterocycles. The standard InChI is InChI=1S/C10H9ClO3S/c11-7-1-3-9(4-2-7)15-6-8-5-13-10(12)14-8/h1-4,8H,5-6H2. The number of rotatable bonds is 3. The summed E-state index contributed by atoms with van der Waals surface area (Å²) in [5, 5.41) is 0.718. The van der Waals surface area contributed by atoms with Crippen LogP contribution in [0.1, 0.15) is 0 Å². The minimum absolute atomic E-state index is 0.141. The number of halogens is 1. The molecule has 15 heavy (non-hydrogen) atoms. The molecule has 1 aliphatic heterocycles. The van der Waals surface area contributed by atoms with Crippen LogP contribution in [0.2, 0.25) is 5.02 Å². The monoisotopic (exact) mass is 244 g/mol. The maximum atomic E-state index is 10.6. The van der Waals surface area contributed by atoms with E-state index in [0.717, 1.165) is 9.92 Å². The lowest BCUT2D eigenvalue weighted by Crippen LogP contribution is -2.12. The summed E-state index contributed by atoms with van der Waals surface area (Å²) >= 11 is 7.37. The summed E-state index contributed by atoms with van der Waals surface area (Å²) in [6.07, 6.45) is -0.713. The summed E-state index contributed by atoms with van der Waals surface area (Å²) in [5.41, 5.74) is 0. The van der Waals surface area contributed by atoms with Gasteiger partial charge in [0.05, 0.1) is 0 Å². The fraction of sp³-hybridized carbons (Fsp3) is 0.300. The third-order valence-electron chi connectivity index (χ3n) is 1.90. The lowest BCUT2D eigenvalue weighted by molar-refractivity contribution is 0.122. The molecule has 0 radical (unpaired) electrons. The molecule has 1 heterocycles. The number of ether oxygens (including phenoxy) is 2. The minimum Gasteiger partial charge on any atom is -0.430 e. The van der Waals surface area contributed by atoms with E-state index in [-0.39, 0.29) is 6.10 Å². The number of hydrogen-bond donors (Lipinski definition) is 0. The minimum atomic E-state index is -0.572. The molecule has 0 N–H and O–H groups in total. The molecule has 0 amide bonds. The molecular formula is C10H9ClO3S. The molecule has 1 aliphatic rings. The van der Waals surface area contributed by atoms with Crippen molar-refractivity contribution in [2.75, 3.05) is 12.4 Å². The Hall–Kier alpha value is -0.870. The highest BCUT2D eigenvalue weighted by atomic mass is 35.5. The van der Waals surface area contributed by atoms with Crippen molar-refractivity contribution in [2.45, 2.75) is 11.0 Å². The fourth-order valence-electron chi connectivity index (χ4n) is 1.17. The highest BCUT2D eigenvalue weighted by Gasteiger charge is 2.24. The second-order valence-electron chi connectivity index (χ2n) is 3.07. The average molecular weight is 245 g/mol. The third kappa shape index (κ3) is 3.04. The Kier molecular flexibility index (Phi) is 3.38. The van der Waals surface area contributed by atoms with Gasteiger partial charge >= 0.3 is 6.16 Å². The third-order valence-corrected chi connectivity index (χ3v) is 3.30. The van der Waals surface area contributed by atoms with E-state index >= 15 is 0 Å². The van der Waals surface area contributed by atoms with Crippen LogP contribution in [0.3, 0.4) is 0 Å². The van der Waals surface area contributed by atoms with Crippen molar-refractivity contribution in [1.29, 1.82) is 0 Å². The number of carbonyl (C=O) groups is 1. The van der Waals surface area contributed by atoms with E-state index in [0.29, 0.717) is 12.4 Å². The summed E-state index contributed by atoms with van der Waals surface area (Å²) in [4.78, 5) is 11.7. The van der Waals surface area contributed by atoms with Crippen LogP contribution in [-0.4, -0.2) is 24.6 Å². The maximum Gasteiger partial charge on any atom is 0.508 e. The molecule has 0 spiro atoms. The van der Waals surface area contributed by atoms with Crippen LogP contribution in [0, 0.1) is 0 Å². The zero-order valence-corrected chi connectivity index (χ0v) is 9.38. The lowest BCUT2D eigenvalue weighted by atomic mass is 10.4. The second kappa shape index (κ2) is 4.77. The second-order valence-corrected chi connectivity index (χ2v) is 4.60. The highest BCUT2D eigenvalue weighted by molar-refractivity contribution is 7.99.